The highest BCUT2D eigenvalue weighted by molar-refractivity contribution is 6.15. The van der Waals surface area contributed by atoms with E-state index in [0.717, 1.165) is 12.2 Å². The van der Waals surface area contributed by atoms with Crippen LogP contribution >= 0.6 is 0 Å². The first kappa shape index (κ1) is 12.5. The van der Waals surface area contributed by atoms with Gasteiger partial charge in [-0.15, -0.1) is 0 Å². The molecule has 0 aromatic heterocycles. The van der Waals surface area contributed by atoms with Gasteiger partial charge in [-0.05, 0) is 17.7 Å². The van der Waals surface area contributed by atoms with Gasteiger partial charge in [-0.2, -0.15) is 0 Å². The largest absolute Gasteiger partial charge is 0.502 e. The zero-order valence-electron chi connectivity index (χ0n) is 8.70. The van der Waals surface area contributed by atoms with Crippen molar-refractivity contribution in [2.75, 3.05) is 0 Å². The average molecular weight is 234 g/mol. The Labute approximate surface area is 96.9 Å². The fourth-order valence-corrected chi connectivity index (χ4v) is 1.14. The Balaban J connectivity index is 3.12. The molecule has 0 amide bonds. The number of allylic oxidation sites excluding steroid dienone is 2. The maximum Gasteiger partial charge on any atom is 0.370 e. The first-order valence-electron chi connectivity index (χ1n) is 4.65. The van der Waals surface area contributed by atoms with Gasteiger partial charge in [-0.3, -0.25) is 0 Å². The van der Waals surface area contributed by atoms with Crippen LogP contribution in [0.1, 0.15) is 5.56 Å². The number of carbonyl (C=O) groups is 2. The Morgan fingerprint density at radius 3 is 1.94 bits per heavy atom. The van der Waals surface area contributed by atoms with Crippen molar-refractivity contribution in [3.63, 3.8) is 0 Å². The van der Waals surface area contributed by atoms with E-state index in [1.165, 1.54) is 0 Å². The number of aliphatic carboxylic acids is 2. The second-order valence-electron chi connectivity index (χ2n) is 3.11. The molecule has 0 fully saturated rings. The summed E-state index contributed by atoms with van der Waals surface area (Å²) in [7, 11) is 0. The SMILES string of the molecule is O=C(O)C(O)=CC=C(C(=O)O)c1ccccc1. The van der Waals surface area contributed by atoms with Crippen molar-refractivity contribution in [2.45, 2.75) is 0 Å². The molecule has 1 rings (SSSR count). The Morgan fingerprint density at radius 1 is 0.882 bits per heavy atom. The smallest absolute Gasteiger partial charge is 0.370 e. The summed E-state index contributed by atoms with van der Waals surface area (Å²) in [6.45, 7) is 0. The molecule has 0 spiro atoms. The summed E-state index contributed by atoms with van der Waals surface area (Å²) < 4.78 is 0. The first-order chi connectivity index (χ1) is 8.02. The average Bonchev–Trinajstić information content (AvgIpc) is 2.29. The highest BCUT2D eigenvalue weighted by Gasteiger charge is 2.09. The van der Waals surface area contributed by atoms with E-state index < -0.39 is 17.7 Å². The topological polar surface area (TPSA) is 94.8 Å². The highest BCUT2D eigenvalue weighted by atomic mass is 16.4. The Kier molecular flexibility index (Phi) is 4.05. The van der Waals surface area contributed by atoms with Crippen LogP contribution in [0.15, 0.2) is 48.2 Å². The second kappa shape index (κ2) is 5.50. The van der Waals surface area contributed by atoms with E-state index in [4.69, 9.17) is 15.3 Å². The normalized spacial score (nSPS) is 12.2. The van der Waals surface area contributed by atoms with Crippen LogP contribution in [0.3, 0.4) is 0 Å². The third-order valence-corrected chi connectivity index (χ3v) is 1.94. The zero-order valence-corrected chi connectivity index (χ0v) is 8.70. The zero-order chi connectivity index (χ0) is 12.8. The molecule has 0 atom stereocenters. The molecule has 3 N–H and O–H groups in total. The van der Waals surface area contributed by atoms with Gasteiger partial charge in [-0.25, -0.2) is 9.59 Å². The minimum atomic E-state index is -1.51. The Hall–Kier alpha value is -2.56. The maximum absolute atomic E-state index is 11.0. The number of aliphatic hydroxyl groups is 1. The second-order valence-corrected chi connectivity index (χ2v) is 3.11. The Morgan fingerprint density at radius 2 is 1.47 bits per heavy atom. The third-order valence-electron chi connectivity index (χ3n) is 1.94. The predicted octanol–water partition coefficient (Wildman–Crippen LogP) is 1.68. The van der Waals surface area contributed by atoms with Crippen molar-refractivity contribution in [1.82, 2.24) is 0 Å². The van der Waals surface area contributed by atoms with Crippen molar-refractivity contribution in [2.24, 2.45) is 0 Å². The van der Waals surface area contributed by atoms with E-state index in [1.807, 2.05) is 0 Å². The van der Waals surface area contributed by atoms with Crippen molar-refractivity contribution in [3.8, 4) is 0 Å². The molecule has 0 aliphatic heterocycles. The van der Waals surface area contributed by atoms with Gasteiger partial charge in [0.25, 0.3) is 0 Å². The first-order valence-corrected chi connectivity index (χ1v) is 4.65. The van der Waals surface area contributed by atoms with Crippen LogP contribution in [-0.4, -0.2) is 27.3 Å². The summed E-state index contributed by atoms with van der Waals surface area (Å²) >= 11 is 0. The third kappa shape index (κ3) is 3.49. The van der Waals surface area contributed by atoms with Gasteiger partial charge in [0.2, 0.25) is 5.76 Å². The molecule has 0 radical (unpaired) electrons. The van der Waals surface area contributed by atoms with Crippen LogP contribution in [-0.2, 0) is 9.59 Å². The molecule has 5 nitrogen and oxygen atoms in total. The van der Waals surface area contributed by atoms with Crippen LogP contribution in [0, 0.1) is 0 Å². The molecule has 0 aliphatic rings. The fourth-order valence-electron chi connectivity index (χ4n) is 1.14. The van der Waals surface area contributed by atoms with Crippen LogP contribution in [0.4, 0.5) is 0 Å². The van der Waals surface area contributed by atoms with Crippen LogP contribution in [0.25, 0.3) is 5.57 Å². The van der Waals surface area contributed by atoms with Gasteiger partial charge in [0, 0.05) is 0 Å². The van der Waals surface area contributed by atoms with Gasteiger partial charge in [0.1, 0.15) is 0 Å². The number of hydrogen-bond acceptors (Lipinski definition) is 3. The molecule has 0 bridgehead atoms. The minimum absolute atomic E-state index is 0.0987. The lowest BCUT2D eigenvalue weighted by atomic mass is 10.1. The standard InChI is InChI=1S/C12H10O5/c13-10(12(16)17)7-6-9(11(14)15)8-4-2-1-3-5-8/h1-7,13H,(H,14,15)(H,16,17). The van der Waals surface area contributed by atoms with Gasteiger partial charge in [-0.1, -0.05) is 30.3 Å². The van der Waals surface area contributed by atoms with Gasteiger partial charge >= 0.3 is 11.9 Å². The lowest BCUT2D eigenvalue weighted by Gasteiger charge is -2.00. The van der Waals surface area contributed by atoms with Crippen molar-refractivity contribution < 1.29 is 24.9 Å². The molecular weight excluding hydrogens is 224 g/mol. The van der Waals surface area contributed by atoms with Crippen molar-refractivity contribution >= 4 is 17.5 Å². The number of carboxylic acids is 2. The van der Waals surface area contributed by atoms with E-state index in [0.29, 0.717) is 5.56 Å². The summed E-state index contributed by atoms with van der Waals surface area (Å²) in [6.07, 6.45) is 1.87. The van der Waals surface area contributed by atoms with Crippen molar-refractivity contribution in [1.29, 1.82) is 0 Å². The number of carboxylic acid groups (broad SMARTS) is 2. The molecule has 0 unspecified atom stereocenters. The lowest BCUT2D eigenvalue weighted by molar-refractivity contribution is -0.135. The molecule has 17 heavy (non-hydrogen) atoms. The molecule has 0 saturated heterocycles. The highest BCUT2D eigenvalue weighted by Crippen LogP contribution is 2.14. The monoisotopic (exact) mass is 234 g/mol. The predicted molar refractivity (Wildman–Crippen MR) is 60.4 cm³/mol. The van der Waals surface area contributed by atoms with Crippen molar-refractivity contribution in [3.05, 3.63) is 53.8 Å². The van der Waals surface area contributed by atoms with Gasteiger partial charge in [0.15, 0.2) is 0 Å². The molecule has 5 heteroatoms. The molecule has 1 aromatic carbocycles. The van der Waals surface area contributed by atoms with Gasteiger partial charge in [0.05, 0.1) is 5.57 Å². The van der Waals surface area contributed by atoms with Crippen LogP contribution in [0.2, 0.25) is 0 Å². The summed E-state index contributed by atoms with van der Waals surface area (Å²) in [5.74, 6) is -3.63. The van der Waals surface area contributed by atoms with Gasteiger partial charge < -0.3 is 15.3 Å². The summed E-state index contributed by atoms with van der Waals surface area (Å²) in [4.78, 5) is 21.3. The Bertz CT molecular complexity index is 485. The number of aliphatic hydroxyl groups excluding tert-OH is 1. The van der Waals surface area contributed by atoms with E-state index in [2.05, 4.69) is 0 Å². The maximum atomic E-state index is 11.0. The summed E-state index contributed by atoms with van der Waals surface area (Å²) in [5, 5.41) is 26.3. The van der Waals surface area contributed by atoms with Crippen LogP contribution in [0.5, 0.6) is 0 Å². The van der Waals surface area contributed by atoms with E-state index in [1.54, 1.807) is 30.3 Å². The summed E-state index contributed by atoms with van der Waals surface area (Å²) in [6, 6.07) is 8.20. The number of hydrogen-bond donors (Lipinski definition) is 3. The molecular formula is C12H10O5. The lowest BCUT2D eigenvalue weighted by Crippen LogP contribution is -2.01. The summed E-state index contributed by atoms with van der Waals surface area (Å²) in [5.41, 5.74) is 0.327. The quantitative estimate of drug-likeness (QED) is 0.418. The van der Waals surface area contributed by atoms with Crippen LogP contribution < -0.4 is 0 Å². The molecule has 0 saturated carbocycles. The minimum Gasteiger partial charge on any atom is -0.502 e. The fraction of sp³-hybridized carbons (Fsp3) is 0. The van der Waals surface area contributed by atoms with E-state index in [-0.39, 0.29) is 5.57 Å². The molecule has 1 aromatic rings. The van der Waals surface area contributed by atoms with E-state index >= 15 is 0 Å². The van der Waals surface area contributed by atoms with E-state index in [9.17, 15) is 9.59 Å². The molecule has 0 aliphatic carbocycles. The molecule has 0 heterocycles. The molecule has 88 valence electrons. The number of rotatable bonds is 4. The number of benzene rings is 1.